The van der Waals surface area contributed by atoms with Crippen LogP contribution in [0.5, 0.6) is 17.2 Å². The predicted molar refractivity (Wildman–Crippen MR) is 294 cm³/mol. The molecule has 0 radical (unpaired) electrons. The average molecular weight is 976 g/mol. The van der Waals surface area contributed by atoms with Crippen LogP contribution in [0.2, 0.25) is 0 Å². The monoisotopic (exact) mass is 976 g/mol. The van der Waals surface area contributed by atoms with Crippen molar-refractivity contribution in [1.29, 1.82) is 0 Å². The van der Waals surface area contributed by atoms with E-state index in [1.165, 1.54) is 135 Å². The number of ether oxygens (including phenoxy) is 3. The molecule has 0 aliphatic heterocycles. The number of unbranched alkanes of at least 4 members (excludes halogenated alkanes) is 21. The molecule has 0 aliphatic rings. The summed E-state index contributed by atoms with van der Waals surface area (Å²) in [5, 5.41) is 13.5. The molecule has 0 aliphatic carbocycles. The van der Waals surface area contributed by atoms with E-state index in [1.54, 1.807) is 0 Å². The van der Waals surface area contributed by atoms with E-state index in [4.69, 9.17) is 27.8 Å². The van der Waals surface area contributed by atoms with Gasteiger partial charge in [-0.05, 0) is 110 Å². The van der Waals surface area contributed by atoms with Crippen LogP contribution >= 0.6 is 0 Å². The van der Waals surface area contributed by atoms with Gasteiger partial charge in [0.25, 0.3) is 0 Å². The van der Waals surface area contributed by atoms with Gasteiger partial charge in [0.2, 0.25) is 0 Å². The molecule has 9 heteroatoms. The van der Waals surface area contributed by atoms with E-state index in [1.807, 2.05) is 109 Å². The van der Waals surface area contributed by atoms with Crippen molar-refractivity contribution in [3.63, 3.8) is 0 Å². The first-order valence-electron chi connectivity index (χ1n) is 27.9. The van der Waals surface area contributed by atoms with Crippen LogP contribution in [-0.2, 0) is 0 Å². The summed E-state index contributed by atoms with van der Waals surface area (Å²) in [4.78, 5) is 0. The first kappa shape index (κ1) is 53.7. The summed E-state index contributed by atoms with van der Waals surface area (Å²) < 4.78 is 36.4. The molecule has 72 heavy (non-hydrogen) atoms. The lowest BCUT2D eigenvalue weighted by Gasteiger charge is -2.07. The van der Waals surface area contributed by atoms with Gasteiger partial charge in [-0.1, -0.05) is 171 Å². The molecule has 3 heterocycles. The van der Waals surface area contributed by atoms with E-state index in [9.17, 15) is 0 Å². The number of benzene rings is 4. The maximum atomic E-state index is 6.09. The summed E-state index contributed by atoms with van der Waals surface area (Å²) in [6, 6.07) is 36.2. The fourth-order valence-electron chi connectivity index (χ4n) is 9.14. The van der Waals surface area contributed by atoms with Crippen molar-refractivity contribution in [2.24, 2.45) is 0 Å². The van der Waals surface area contributed by atoms with E-state index >= 15 is 0 Å². The van der Waals surface area contributed by atoms with Crippen LogP contribution in [-0.4, -0.2) is 35.3 Å². The van der Waals surface area contributed by atoms with Gasteiger partial charge in [0.1, 0.15) is 34.3 Å². The van der Waals surface area contributed by atoms with Crippen LogP contribution in [0, 0.1) is 0 Å². The Morgan fingerprint density at radius 3 is 0.764 bits per heavy atom. The molecule has 0 saturated heterocycles. The fraction of sp³-hybridized carbons (Fsp3) is 0.476. The average Bonchev–Trinajstić information content (AvgIpc) is 4.24. The minimum Gasteiger partial charge on any atom is -0.494 e. The van der Waals surface area contributed by atoms with Crippen LogP contribution in [0.25, 0.3) is 67.7 Å². The molecule has 0 N–H and O–H groups in total. The minimum absolute atomic E-state index is 0.604. The second-order valence-electron chi connectivity index (χ2n) is 19.6. The van der Waals surface area contributed by atoms with E-state index in [-0.39, 0.29) is 0 Å². The van der Waals surface area contributed by atoms with Gasteiger partial charge in [0.05, 0.1) is 19.8 Å². The first-order valence-corrected chi connectivity index (χ1v) is 27.9. The molecule has 0 unspecified atom stereocenters. The number of aromatic nitrogens is 3. The maximum absolute atomic E-state index is 6.09. The molecule has 0 saturated carbocycles. The summed E-state index contributed by atoms with van der Waals surface area (Å²) in [6.07, 6.45) is 30.6. The van der Waals surface area contributed by atoms with Gasteiger partial charge in [-0.3, -0.25) is 0 Å². The number of hydrogen-bond acceptors (Lipinski definition) is 9. The number of nitrogens with zero attached hydrogens (tertiary/aromatic N) is 3. The summed E-state index contributed by atoms with van der Waals surface area (Å²) in [5.41, 5.74) is 7.41. The summed E-state index contributed by atoms with van der Waals surface area (Å²) in [6.45, 7) is 8.96. The lowest BCUT2D eigenvalue weighted by Crippen LogP contribution is -1.97. The van der Waals surface area contributed by atoms with Crippen LogP contribution in [0.4, 0.5) is 0 Å². The molecular weight excluding hydrogens is 895 g/mol. The molecule has 384 valence electrons. The highest BCUT2D eigenvalue weighted by Crippen LogP contribution is 2.37. The Morgan fingerprint density at radius 1 is 0.278 bits per heavy atom. The molecule has 9 nitrogen and oxygen atoms in total. The molecule has 4 aromatic carbocycles. The molecule has 0 bridgehead atoms. The molecule has 0 amide bonds. The number of rotatable bonds is 36. The van der Waals surface area contributed by atoms with Crippen molar-refractivity contribution in [2.75, 3.05) is 19.8 Å². The van der Waals surface area contributed by atoms with Crippen molar-refractivity contribution >= 4 is 0 Å². The van der Waals surface area contributed by atoms with Gasteiger partial charge in [-0.25, -0.2) is 0 Å². The van der Waals surface area contributed by atoms with Crippen LogP contribution in [0.15, 0.2) is 123 Å². The van der Waals surface area contributed by atoms with Gasteiger partial charge in [-0.2, -0.15) is 0 Å². The van der Waals surface area contributed by atoms with E-state index in [0.29, 0.717) is 17.3 Å². The minimum atomic E-state index is 0.604. The van der Waals surface area contributed by atoms with Crippen molar-refractivity contribution < 1.29 is 27.8 Å². The summed E-state index contributed by atoms with van der Waals surface area (Å²) >= 11 is 0. The van der Waals surface area contributed by atoms with Gasteiger partial charge in [-0.15, -0.1) is 0 Å². The Labute approximate surface area is 430 Å². The third-order valence-electron chi connectivity index (χ3n) is 13.6. The smallest absolute Gasteiger partial charge is 0.167 e. The van der Waals surface area contributed by atoms with E-state index in [0.717, 1.165) is 107 Å². The third kappa shape index (κ3) is 17.6. The Morgan fingerprint density at radius 2 is 0.514 bits per heavy atom. The molecule has 0 spiro atoms. The highest BCUT2D eigenvalue weighted by Gasteiger charge is 2.18. The zero-order valence-electron chi connectivity index (χ0n) is 43.8. The Hall–Kier alpha value is -6.09. The lowest BCUT2D eigenvalue weighted by molar-refractivity contribution is 0.304. The van der Waals surface area contributed by atoms with Crippen molar-refractivity contribution in [3.8, 4) is 85.0 Å². The lowest BCUT2D eigenvalue weighted by atomic mass is 9.99. The van der Waals surface area contributed by atoms with Crippen molar-refractivity contribution in [1.82, 2.24) is 15.5 Å². The van der Waals surface area contributed by atoms with Crippen molar-refractivity contribution in [3.05, 3.63) is 109 Å². The summed E-state index contributed by atoms with van der Waals surface area (Å²) in [5.74, 6) is 4.39. The molecule has 3 aromatic heterocycles. The highest BCUT2D eigenvalue weighted by molar-refractivity contribution is 5.80. The van der Waals surface area contributed by atoms with Gasteiger partial charge in [0, 0.05) is 51.6 Å². The zero-order valence-corrected chi connectivity index (χ0v) is 43.8. The van der Waals surface area contributed by atoms with Crippen molar-refractivity contribution in [2.45, 2.75) is 175 Å². The second-order valence-corrected chi connectivity index (χ2v) is 19.6. The largest absolute Gasteiger partial charge is 0.494 e. The number of hydrogen-bond donors (Lipinski definition) is 0. The van der Waals surface area contributed by atoms with Crippen LogP contribution < -0.4 is 14.2 Å². The van der Waals surface area contributed by atoms with Gasteiger partial charge < -0.3 is 27.8 Å². The van der Waals surface area contributed by atoms with Gasteiger partial charge in [0.15, 0.2) is 17.3 Å². The maximum Gasteiger partial charge on any atom is 0.167 e. The SMILES string of the molecule is CCCCCCCCCCOc1ccc(-c2cc(-c3cc(-c4cc(-c5ccc(OCCCCCCCCCC)cc5)no4)cc(-c4cc(-c5ccc(OCCCCCCCCCC)cc5)no4)c3)on2)cc1. The third-order valence-corrected chi connectivity index (χ3v) is 13.6. The Balaban J connectivity index is 1.02. The van der Waals surface area contributed by atoms with Crippen LogP contribution in [0.1, 0.15) is 175 Å². The fourth-order valence-corrected chi connectivity index (χ4v) is 9.14. The van der Waals surface area contributed by atoms with E-state index < -0.39 is 0 Å². The molecule has 7 rings (SSSR count). The zero-order chi connectivity index (χ0) is 49.8. The highest BCUT2D eigenvalue weighted by atomic mass is 16.5. The quantitative estimate of drug-likeness (QED) is 0.0355. The molecule has 7 aromatic rings. The Kier molecular flexibility index (Phi) is 22.9. The standard InChI is InChI=1S/C63H81N3O6/c1-4-7-10-13-16-19-22-25-40-67-55-34-28-49(29-35-55)58-46-61(70-64-58)52-43-53(62-47-59(65-71-62)50-30-36-56(37-31-50)68-41-26-23-20-17-14-11-8-5-2)45-54(44-52)63-48-60(66-72-63)51-32-38-57(39-33-51)69-42-27-24-21-18-15-12-9-6-3/h28-39,43-48H,4-27,40-42H2,1-3H3. The van der Waals surface area contributed by atoms with Gasteiger partial charge >= 0.3 is 0 Å². The normalized spacial score (nSPS) is 11.4. The van der Waals surface area contributed by atoms with E-state index in [2.05, 4.69) is 36.2 Å². The predicted octanol–water partition coefficient (Wildman–Crippen LogP) is 19.2. The molecule has 0 atom stereocenters. The second kappa shape index (κ2) is 30.7. The first-order chi connectivity index (χ1) is 35.6. The Bertz CT molecular complexity index is 2250. The molecule has 0 fully saturated rings. The summed E-state index contributed by atoms with van der Waals surface area (Å²) in [7, 11) is 0. The van der Waals surface area contributed by atoms with Crippen LogP contribution in [0.3, 0.4) is 0 Å². The topological polar surface area (TPSA) is 106 Å². The molecular formula is C63H81N3O6.